The minimum atomic E-state index is -1.25. The van der Waals surface area contributed by atoms with Crippen LogP contribution in [0, 0.1) is 0 Å². The average molecular weight is 319 g/mol. The number of hydrogen-bond donors (Lipinski definition) is 2. The first kappa shape index (κ1) is 14.7. The summed E-state index contributed by atoms with van der Waals surface area (Å²) < 4.78 is 1.61. The molecule has 0 fully saturated rings. The van der Waals surface area contributed by atoms with E-state index in [1.165, 1.54) is 12.7 Å². The van der Waals surface area contributed by atoms with E-state index < -0.39 is 5.60 Å². The lowest BCUT2D eigenvalue weighted by atomic mass is 9.84. The number of aromatic nitrogens is 6. The summed E-state index contributed by atoms with van der Waals surface area (Å²) in [6.45, 7) is 1.87. The average Bonchev–Trinajstić information content (AvgIpc) is 3.20. The van der Waals surface area contributed by atoms with Crippen LogP contribution in [-0.4, -0.2) is 35.1 Å². The van der Waals surface area contributed by atoms with Crippen LogP contribution in [0.3, 0.4) is 0 Å². The van der Waals surface area contributed by atoms with Gasteiger partial charge in [0.15, 0.2) is 5.82 Å². The van der Waals surface area contributed by atoms with E-state index in [0.29, 0.717) is 16.4 Å². The highest BCUT2D eigenvalue weighted by Gasteiger charge is 2.38. The smallest absolute Gasteiger partial charge is 0.153 e. The second-order valence-electron chi connectivity index (χ2n) is 5.07. The molecule has 2 unspecified atom stereocenters. The Morgan fingerprint density at radius 3 is 2.73 bits per heavy atom. The Balaban J connectivity index is 2.02. The number of aromatic amines is 1. The number of nitrogens with one attached hydrogen (secondary N) is 1. The Hall–Kier alpha value is -2.25. The van der Waals surface area contributed by atoms with Crippen LogP contribution in [0.15, 0.2) is 43.2 Å². The fourth-order valence-electron chi connectivity index (χ4n) is 2.43. The Morgan fingerprint density at radius 1 is 1.36 bits per heavy atom. The summed E-state index contributed by atoms with van der Waals surface area (Å²) in [5, 5.41) is 22.8. The highest BCUT2D eigenvalue weighted by atomic mass is 35.5. The van der Waals surface area contributed by atoms with Crippen LogP contribution in [0.2, 0.25) is 5.02 Å². The van der Waals surface area contributed by atoms with Gasteiger partial charge in [0.05, 0.1) is 6.04 Å². The van der Waals surface area contributed by atoms with E-state index in [4.69, 9.17) is 11.6 Å². The second-order valence-corrected chi connectivity index (χ2v) is 5.51. The number of rotatable bonds is 5. The summed E-state index contributed by atoms with van der Waals surface area (Å²) in [7, 11) is 0. The van der Waals surface area contributed by atoms with Crippen LogP contribution in [0.1, 0.15) is 24.4 Å². The zero-order chi connectivity index (χ0) is 15.6. The Labute approximate surface area is 132 Å². The fraction of sp³-hybridized carbons (Fsp3) is 0.286. The Bertz CT molecular complexity index is 712. The Kier molecular flexibility index (Phi) is 3.91. The van der Waals surface area contributed by atoms with Gasteiger partial charge in [-0.3, -0.25) is 5.10 Å². The van der Waals surface area contributed by atoms with Crippen LogP contribution >= 0.6 is 11.6 Å². The van der Waals surface area contributed by atoms with Crippen molar-refractivity contribution in [2.75, 3.05) is 0 Å². The number of hydrogen-bond acceptors (Lipinski definition) is 5. The minimum absolute atomic E-state index is 0.235. The molecule has 1 aromatic carbocycles. The van der Waals surface area contributed by atoms with E-state index in [2.05, 4.69) is 25.3 Å². The summed E-state index contributed by atoms with van der Waals surface area (Å²) in [5.41, 5.74) is -0.537. The molecule has 2 heterocycles. The molecule has 2 aromatic heterocycles. The first-order chi connectivity index (χ1) is 10.6. The van der Waals surface area contributed by atoms with Crippen molar-refractivity contribution < 1.29 is 5.11 Å². The number of nitrogens with zero attached hydrogens (tertiary/aromatic N) is 5. The minimum Gasteiger partial charge on any atom is -0.382 e. The lowest BCUT2D eigenvalue weighted by Crippen LogP contribution is -2.38. The van der Waals surface area contributed by atoms with Gasteiger partial charge in [0.2, 0.25) is 0 Å². The molecule has 0 aliphatic rings. The van der Waals surface area contributed by atoms with Crippen LogP contribution in [-0.2, 0) is 12.0 Å². The van der Waals surface area contributed by atoms with Crippen LogP contribution in [0.25, 0.3) is 0 Å². The van der Waals surface area contributed by atoms with E-state index >= 15 is 0 Å². The van der Waals surface area contributed by atoms with Gasteiger partial charge >= 0.3 is 0 Å². The van der Waals surface area contributed by atoms with Gasteiger partial charge < -0.3 is 5.11 Å². The predicted octanol–water partition coefficient (Wildman–Crippen LogP) is 1.74. The van der Waals surface area contributed by atoms with Crippen LogP contribution < -0.4 is 0 Å². The number of benzene rings is 1. The number of H-pyrrole nitrogens is 1. The summed E-state index contributed by atoms with van der Waals surface area (Å²) in [5.74, 6) is 0.518. The molecular weight excluding hydrogens is 304 g/mol. The first-order valence-corrected chi connectivity index (χ1v) is 7.14. The molecular formula is C14H15ClN6O. The molecule has 3 rings (SSSR count). The third-order valence-electron chi connectivity index (χ3n) is 3.76. The van der Waals surface area contributed by atoms with Gasteiger partial charge in [0.25, 0.3) is 0 Å². The highest BCUT2D eigenvalue weighted by Crippen LogP contribution is 2.35. The van der Waals surface area contributed by atoms with Gasteiger partial charge in [0.1, 0.15) is 24.6 Å². The number of aliphatic hydroxyl groups is 1. The van der Waals surface area contributed by atoms with Crippen molar-refractivity contribution in [1.29, 1.82) is 0 Å². The molecule has 22 heavy (non-hydrogen) atoms. The molecule has 0 saturated carbocycles. The monoisotopic (exact) mass is 318 g/mol. The molecule has 0 aliphatic heterocycles. The lowest BCUT2D eigenvalue weighted by Gasteiger charge is -2.33. The maximum Gasteiger partial charge on any atom is 0.153 e. The van der Waals surface area contributed by atoms with Crippen LogP contribution in [0.5, 0.6) is 0 Å². The van der Waals surface area contributed by atoms with Gasteiger partial charge in [-0.05, 0) is 24.6 Å². The normalized spacial score (nSPS) is 15.4. The van der Waals surface area contributed by atoms with E-state index in [0.717, 1.165) is 0 Å². The van der Waals surface area contributed by atoms with E-state index in [-0.39, 0.29) is 12.5 Å². The molecule has 0 aliphatic carbocycles. The fourth-order valence-corrected chi connectivity index (χ4v) is 2.55. The zero-order valence-corrected chi connectivity index (χ0v) is 12.6. The van der Waals surface area contributed by atoms with Crippen molar-refractivity contribution >= 4 is 11.6 Å². The third-order valence-corrected chi connectivity index (χ3v) is 4.01. The van der Waals surface area contributed by atoms with Gasteiger partial charge in [-0.15, -0.1) is 0 Å². The highest BCUT2D eigenvalue weighted by molar-refractivity contribution is 6.30. The van der Waals surface area contributed by atoms with Gasteiger partial charge in [-0.1, -0.05) is 23.7 Å². The predicted molar refractivity (Wildman–Crippen MR) is 80.2 cm³/mol. The molecule has 2 atom stereocenters. The summed E-state index contributed by atoms with van der Waals surface area (Å²) >= 11 is 5.94. The summed E-state index contributed by atoms with van der Waals surface area (Å²) in [6.07, 6.45) is 4.73. The van der Waals surface area contributed by atoms with Crippen molar-refractivity contribution in [3.8, 4) is 0 Å². The molecule has 0 radical (unpaired) electrons. The molecule has 8 heteroatoms. The zero-order valence-electron chi connectivity index (χ0n) is 11.9. The Morgan fingerprint density at radius 2 is 2.14 bits per heavy atom. The standard InChI is InChI=1S/C14H15ClN6O/c1-10(21-9-16-7-19-21)14(22,6-13-17-8-18-20-13)11-2-4-12(15)5-3-11/h2-5,7-10,22H,6H2,1H3,(H,17,18,20). The maximum absolute atomic E-state index is 11.4. The van der Waals surface area contributed by atoms with Crippen molar-refractivity contribution in [2.45, 2.75) is 25.0 Å². The van der Waals surface area contributed by atoms with E-state index in [9.17, 15) is 5.11 Å². The topological polar surface area (TPSA) is 92.5 Å². The van der Waals surface area contributed by atoms with E-state index in [1.54, 1.807) is 35.3 Å². The van der Waals surface area contributed by atoms with Crippen molar-refractivity contribution in [3.05, 3.63) is 59.7 Å². The van der Waals surface area contributed by atoms with Gasteiger partial charge in [-0.25, -0.2) is 14.6 Å². The summed E-state index contributed by atoms with van der Waals surface area (Å²) in [4.78, 5) is 8.05. The maximum atomic E-state index is 11.4. The molecule has 2 N–H and O–H groups in total. The first-order valence-electron chi connectivity index (χ1n) is 6.77. The van der Waals surface area contributed by atoms with Crippen molar-refractivity contribution in [3.63, 3.8) is 0 Å². The quantitative estimate of drug-likeness (QED) is 0.747. The number of halogens is 1. The molecule has 0 amide bonds. The van der Waals surface area contributed by atoms with Crippen LogP contribution in [0.4, 0.5) is 0 Å². The van der Waals surface area contributed by atoms with E-state index in [1.807, 2.05) is 6.92 Å². The molecule has 7 nitrogen and oxygen atoms in total. The molecule has 3 aromatic rings. The van der Waals surface area contributed by atoms with Crippen molar-refractivity contribution in [1.82, 2.24) is 29.9 Å². The van der Waals surface area contributed by atoms with Crippen molar-refractivity contribution in [2.24, 2.45) is 0 Å². The van der Waals surface area contributed by atoms with Gasteiger partial charge in [0, 0.05) is 11.4 Å². The lowest BCUT2D eigenvalue weighted by molar-refractivity contribution is -0.0171. The molecule has 114 valence electrons. The van der Waals surface area contributed by atoms with Gasteiger partial charge in [-0.2, -0.15) is 10.2 Å². The second kappa shape index (κ2) is 5.86. The summed E-state index contributed by atoms with van der Waals surface area (Å²) in [6, 6.07) is 6.71. The SMILES string of the molecule is CC(n1cncn1)C(O)(Cc1nc[nH]n1)c1ccc(Cl)cc1. The molecule has 0 saturated heterocycles. The molecule has 0 spiro atoms. The molecule has 0 bridgehead atoms. The third kappa shape index (κ3) is 2.72. The largest absolute Gasteiger partial charge is 0.382 e.